The van der Waals surface area contributed by atoms with Gasteiger partial charge in [0, 0.05) is 24.6 Å². The molecule has 0 spiro atoms. The number of halogens is 1. The van der Waals surface area contributed by atoms with Crippen molar-refractivity contribution in [3.05, 3.63) is 48.0 Å². The number of anilines is 2. The Morgan fingerprint density at radius 2 is 2.09 bits per heavy atom. The third-order valence-electron chi connectivity index (χ3n) is 3.88. The number of nitrogens with one attached hydrogen (secondary N) is 1. The molecular weight excluding hydrogens is 299 g/mol. The number of nitrogens with zero attached hydrogens (tertiary/aromatic N) is 3. The van der Waals surface area contributed by atoms with Crippen LogP contribution in [0.5, 0.6) is 0 Å². The first-order valence-corrected chi connectivity index (χ1v) is 7.48. The monoisotopic (exact) mass is 316 g/mol. The van der Waals surface area contributed by atoms with E-state index >= 15 is 0 Å². The quantitative estimate of drug-likeness (QED) is 0.903. The zero-order valence-electron chi connectivity index (χ0n) is 12.4. The molecule has 0 radical (unpaired) electrons. The van der Waals surface area contributed by atoms with Gasteiger partial charge in [-0.3, -0.25) is 0 Å². The fraction of sp³-hybridized carbons (Fsp3) is 0.312. The molecule has 2 N–H and O–H groups in total. The van der Waals surface area contributed by atoms with Crippen LogP contribution in [0.4, 0.5) is 16.0 Å². The van der Waals surface area contributed by atoms with Crippen molar-refractivity contribution in [1.82, 2.24) is 9.97 Å². The molecule has 3 rings (SSSR count). The summed E-state index contributed by atoms with van der Waals surface area (Å²) in [6.07, 6.45) is 6.18. The number of rotatable bonds is 4. The number of aromatic nitrogens is 2. The number of carbonyl (C=O) groups is 1. The van der Waals surface area contributed by atoms with Crippen LogP contribution in [0.25, 0.3) is 0 Å². The molecular formula is C16H17FN4O2. The molecule has 0 aliphatic carbocycles. The Labute approximate surface area is 133 Å². The van der Waals surface area contributed by atoms with Gasteiger partial charge < -0.3 is 15.3 Å². The first-order chi connectivity index (χ1) is 11.1. The molecule has 2 aromatic rings. The molecule has 0 saturated carbocycles. The Morgan fingerprint density at radius 3 is 2.78 bits per heavy atom. The second kappa shape index (κ2) is 6.60. The van der Waals surface area contributed by atoms with E-state index in [1.807, 2.05) is 4.90 Å². The molecule has 1 fully saturated rings. The topological polar surface area (TPSA) is 78.4 Å². The van der Waals surface area contributed by atoms with Crippen LogP contribution < -0.4 is 10.2 Å². The summed E-state index contributed by atoms with van der Waals surface area (Å²) in [5, 5.41) is 12.2. The van der Waals surface area contributed by atoms with E-state index in [1.165, 1.54) is 12.1 Å². The van der Waals surface area contributed by atoms with Crippen molar-refractivity contribution in [1.29, 1.82) is 0 Å². The number of hydrogen-bond acceptors (Lipinski definition) is 5. The lowest BCUT2D eigenvalue weighted by atomic mass is 10.1. The molecule has 1 saturated heterocycles. The van der Waals surface area contributed by atoms with Gasteiger partial charge in [-0.15, -0.1) is 0 Å². The molecule has 6 nitrogen and oxygen atoms in total. The minimum atomic E-state index is -1.26. The summed E-state index contributed by atoms with van der Waals surface area (Å²) in [6, 6.07) is 5.95. The van der Waals surface area contributed by atoms with E-state index < -0.39 is 11.8 Å². The van der Waals surface area contributed by atoms with Gasteiger partial charge >= 0.3 is 5.97 Å². The fourth-order valence-electron chi connectivity index (χ4n) is 2.77. The molecule has 1 unspecified atom stereocenters. The number of benzene rings is 1. The van der Waals surface area contributed by atoms with Crippen molar-refractivity contribution in [3.63, 3.8) is 0 Å². The maximum absolute atomic E-state index is 14.0. The van der Waals surface area contributed by atoms with E-state index in [0.29, 0.717) is 11.6 Å². The molecule has 2 heterocycles. The predicted octanol–water partition coefficient (Wildman–Crippen LogP) is 2.74. The molecule has 1 aliphatic rings. The number of aromatic carboxylic acids is 1. The van der Waals surface area contributed by atoms with E-state index in [2.05, 4.69) is 15.3 Å². The van der Waals surface area contributed by atoms with Crippen LogP contribution in [-0.2, 0) is 0 Å². The molecule has 1 aromatic carbocycles. The SMILES string of the molecule is O=C(O)c1ccc(N2CCCCC2Nc2ncccn2)cc1F. The standard InChI is InChI=1S/C16H17FN4O2/c17-13-10-11(5-6-12(13)15(22)23)21-9-2-1-4-14(21)20-16-18-7-3-8-19-16/h3,5-8,10,14H,1-2,4,9H2,(H,22,23)(H,18,19,20). The van der Waals surface area contributed by atoms with Gasteiger partial charge in [0.2, 0.25) is 5.95 Å². The van der Waals surface area contributed by atoms with Crippen LogP contribution in [0, 0.1) is 5.82 Å². The number of carboxylic acid groups (broad SMARTS) is 1. The number of carboxylic acids is 1. The molecule has 7 heteroatoms. The fourth-order valence-corrected chi connectivity index (χ4v) is 2.77. The van der Waals surface area contributed by atoms with Gasteiger partial charge in [-0.2, -0.15) is 0 Å². The van der Waals surface area contributed by atoms with Gasteiger partial charge in [0.15, 0.2) is 0 Å². The van der Waals surface area contributed by atoms with Crippen molar-refractivity contribution >= 4 is 17.6 Å². The molecule has 1 atom stereocenters. The highest BCUT2D eigenvalue weighted by Crippen LogP contribution is 2.26. The Morgan fingerprint density at radius 1 is 1.30 bits per heavy atom. The molecule has 0 amide bonds. The van der Waals surface area contributed by atoms with Crippen molar-refractivity contribution in [3.8, 4) is 0 Å². The van der Waals surface area contributed by atoms with Crippen LogP contribution in [0.3, 0.4) is 0 Å². The highest BCUT2D eigenvalue weighted by atomic mass is 19.1. The summed E-state index contributed by atoms with van der Waals surface area (Å²) in [4.78, 5) is 21.3. The Kier molecular flexibility index (Phi) is 4.36. The van der Waals surface area contributed by atoms with Crippen molar-refractivity contribution in [2.24, 2.45) is 0 Å². The van der Waals surface area contributed by atoms with Gasteiger partial charge in [0.05, 0.1) is 5.56 Å². The third-order valence-corrected chi connectivity index (χ3v) is 3.88. The largest absolute Gasteiger partial charge is 0.478 e. The van der Waals surface area contributed by atoms with Crippen LogP contribution in [0.1, 0.15) is 29.6 Å². The Bertz CT molecular complexity index is 696. The summed E-state index contributed by atoms with van der Waals surface area (Å²) in [7, 11) is 0. The molecule has 1 aromatic heterocycles. The molecule has 23 heavy (non-hydrogen) atoms. The van der Waals surface area contributed by atoms with Crippen molar-refractivity contribution < 1.29 is 14.3 Å². The van der Waals surface area contributed by atoms with Gasteiger partial charge in [0.1, 0.15) is 12.0 Å². The van der Waals surface area contributed by atoms with Crippen LogP contribution in [0.2, 0.25) is 0 Å². The summed E-state index contributed by atoms with van der Waals surface area (Å²) < 4.78 is 14.0. The van der Waals surface area contributed by atoms with E-state index in [4.69, 9.17) is 5.11 Å². The highest BCUT2D eigenvalue weighted by Gasteiger charge is 2.24. The summed E-state index contributed by atoms with van der Waals surface area (Å²) in [5.41, 5.74) is 0.335. The van der Waals surface area contributed by atoms with Crippen LogP contribution in [0.15, 0.2) is 36.7 Å². The Hall–Kier alpha value is -2.70. The molecule has 120 valence electrons. The lowest BCUT2D eigenvalue weighted by molar-refractivity contribution is 0.0692. The average molecular weight is 316 g/mol. The second-order valence-corrected chi connectivity index (χ2v) is 5.39. The summed E-state index contributed by atoms with van der Waals surface area (Å²) in [5.74, 6) is -1.47. The maximum Gasteiger partial charge on any atom is 0.338 e. The molecule has 1 aliphatic heterocycles. The highest BCUT2D eigenvalue weighted by molar-refractivity contribution is 5.88. The van der Waals surface area contributed by atoms with E-state index in [0.717, 1.165) is 25.8 Å². The van der Waals surface area contributed by atoms with E-state index in [9.17, 15) is 9.18 Å². The minimum Gasteiger partial charge on any atom is -0.478 e. The first-order valence-electron chi connectivity index (χ1n) is 7.48. The molecule has 0 bridgehead atoms. The van der Waals surface area contributed by atoms with Crippen LogP contribution in [-0.4, -0.2) is 33.8 Å². The summed E-state index contributed by atoms with van der Waals surface area (Å²) in [6.45, 7) is 0.760. The lowest BCUT2D eigenvalue weighted by Gasteiger charge is -2.38. The average Bonchev–Trinajstić information content (AvgIpc) is 2.56. The van der Waals surface area contributed by atoms with E-state index in [1.54, 1.807) is 24.5 Å². The van der Waals surface area contributed by atoms with Crippen molar-refractivity contribution in [2.45, 2.75) is 25.4 Å². The third kappa shape index (κ3) is 3.39. The zero-order chi connectivity index (χ0) is 16.2. The van der Waals surface area contributed by atoms with Crippen LogP contribution >= 0.6 is 0 Å². The van der Waals surface area contributed by atoms with Crippen molar-refractivity contribution in [2.75, 3.05) is 16.8 Å². The summed E-state index contributed by atoms with van der Waals surface area (Å²) >= 11 is 0. The Balaban J connectivity index is 1.84. The lowest BCUT2D eigenvalue weighted by Crippen LogP contribution is -2.45. The zero-order valence-corrected chi connectivity index (χ0v) is 12.4. The smallest absolute Gasteiger partial charge is 0.338 e. The first kappa shape index (κ1) is 15.2. The second-order valence-electron chi connectivity index (χ2n) is 5.39. The normalized spacial score (nSPS) is 17.8. The maximum atomic E-state index is 14.0. The number of piperidine rings is 1. The van der Waals surface area contributed by atoms with Gasteiger partial charge in [-0.1, -0.05) is 0 Å². The predicted molar refractivity (Wildman–Crippen MR) is 84.0 cm³/mol. The van der Waals surface area contributed by atoms with Gasteiger partial charge in [0.25, 0.3) is 0 Å². The minimum absolute atomic E-state index is 0.0544. The van der Waals surface area contributed by atoms with Gasteiger partial charge in [-0.05, 0) is 43.5 Å². The van der Waals surface area contributed by atoms with E-state index in [-0.39, 0.29) is 11.7 Å². The van der Waals surface area contributed by atoms with Gasteiger partial charge in [-0.25, -0.2) is 19.2 Å². The number of hydrogen-bond donors (Lipinski definition) is 2.